The van der Waals surface area contributed by atoms with Gasteiger partial charge in [-0.05, 0) is 25.1 Å². The predicted molar refractivity (Wildman–Crippen MR) is 102 cm³/mol. The Balaban J connectivity index is 0.00000264. The molecule has 0 aromatic carbocycles. The normalized spacial score (nSPS) is 10.7. The van der Waals surface area contributed by atoms with E-state index in [9.17, 15) is 0 Å². The van der Waals surface area contributed by atoms with Crippen LogP contribution in [0, 0.1) is 0 Å². The lowest BCUT2D eigenvalue weighted by molar-refractivity contribution is 0.323. The van der Waals surface area contributed by atoms with Crippen molar-refractivity contribution in [2.24, 2.45) is 10.7 Å². The molecule has 0 aliphatic carbocycles. The van der Waals surface area contributed by atoms with Gasteiger partial charge in [-0.3, -0.25) is 4.98 Å². The number of ether oxygens (including phenoxy) is 1. The minimum atomic E-state index is 0. The Hall–Kier alpha value is -1.90. The molecule has 0 spiro atoms. The summed E-state index contributed by atoms with van der Waals surface area (Å²) in [6.07, 6.45) is 4.28. The van der Waals surface area contributed by atoms with E-state index in [-0.39, 0.29) is 24.0 Å². The molecule has 0 unspecified atom stereocenters. The van der Waals surface area contributed by atoms with E-state index < -0.39 is 0 Å². The summed E-state index contributed by atoms with van der Waals surface area (Å²) in [6, 6.07) is 9.65. The minimum Gasteiger partial charge on any atom is -0.478 e. The van der Waals surface area contributed by atoms with Crippen molar-refractivity contribution in [3.63, 3.8) is 0 Å². The Morgan fingerprint density at radius 2 is 2.04 bits per heavy atom. The zero-order valence-electron chi connectivity index (χ0n) is 13.1. The molecular formula is C16H22IN5O. The fourth-order valence-electron chi connectivity index (χ4n) is 1.90. The monoisotopic (exact) mass is 427 g/mol. The first-order chi connectivity index (χ1) is 10.8. The Morgan fingerprint density at radius 3 is 2.78 bits per heavy atom. The van der Waals surface area contributed by atoms with Crippen LogP contribution >= 0.6 is 24.0 Å². The molecular weight excluding hydrogens is 405 g/mol. The van der Waals surface area contributed by atoms with E-state index in [0.29, 0.717) is 31.5 Å². The second-order valence-electron chi connectivity index (χ2n) is 4.60. The van der Waals surface area contributed by atoms with Gasteiger partial charge in [0, 0.05) is 36.6 Å². The number of aliphatic imine (C=N–C) groups is 1. The van der Waals surface area contributed by atoms with Crippen molar-refractivity contribution < 1.29 is 4.74 Å². The Morgan fingerprint density at radius 1 is 1.22 bits per heavy atom. The summed E-state index contributed by atoms with van der Waals surface area (Å²) in [6.45, 7) is 3.63. The van der Waals surface area contributed by atoms with Gasteiger partial charge in [-0.1, -0.05) is 12.1 Å². The fourth-order valence-corrected chi connectivity index (χ4v) is 1.90. The van der Waals surface area contributed by atoms with Gasteiger partial charge in [-0.2, -0.15) is 0 Å². The minimum absolute atomic E-state index is 0. The third kappa shape index (κ3) is 6.81. The number of guanidine groups is 1. The highest BCUT2D eigenvalue weighted by Crippen LogP contribution is 2.14. The van der Waals surface area contributed by atoms with Gasteiger partial charge < -0.3 is 15.8 Å². The quantitative estimate of drug-likeness (QED) is 0.402. The van der Waals surface area contributed by atoms with E-state index in [1.54, 1.807) is 12.4 Å². The van der Waals surface area contributed by atoms with Gasteiger partial charge in [0.05, 0.1) is 13.2 Å². The highest BCUT2D eigenvalue weighted by molar-refractivity contribution is 14.0. The summed E-state index contributed by atoms with van der Waals surface area (Å²) in [7, 11) is 0. The summed E-state index contributed by atoms with van der Waals surface area (Å²) in [5.41, 5.74) is 7.80. The lowest BCUT2D eigenvalue weighted by atomic mass is 10.2. The first-order valence-corrected chi connectivity index (χ1v) is 7.30. The van der Waals surface area contributed by atoms with E-state index in [2.05, 4.69) is 20.3 Å². The van der Waals surface area contributed by atoms with Crippen molar-refractivity contribution in [2.45, 2.75) is 19.9 Å². The van der Waals surface area contributed by atoms with Crippen LogP contribution in [0.1, 0.15) is 18.2 Å². The molecule has 3 N–H and O–H groups in total. The van der Waals surface area contributed by atoms with Gasteiger partial charge in [0.1, 0.15) is 0 Å². The van der Waals surface area contributed by atoms with E-state index in [4.69, 9.17) is 10.5 Å². The Bertz CT molecular complexity index is 606. The summed E-state index contributed by atoms with van der Waals surface area (Å²) >= 11 is 0. The van der Waals surface area contributed by atoms with Crippen LogP contribution in [0.3, 0.4) is 0 Å². The van der Waals surface area contributed by atoms with Crippen LogP contribution in [0.25, 0.3) is 0 Å². The van der Waals surface area contributed by atoms with Gasteiger partial charge >= 0.3 is 0 Å². The number of hydrogen-bond acceptors (Lipinski definition) is 4. The van der Waals surface area contributed by atoms with Crippen LogP contribution in [0.5, 0.6) is 5.88 Å². The molecule has 0 atom stereocenters. The Kier molecular flexibility index (Phi) is 8.96. The third-order valence-electron chi connectivity index (χ3n) is 2.96. The molecule has 6 nitrogen and oxygen atoms in total. The number of nitrogens with zero attached hydrogens (tertiary/aromatic N) is 3. The second kappa shape index (κ2) is 10.8. The largest absolute Gasteiger partial charge is 0.478 e. The molecule has 0 fully saturated rings. The molecule has 0 saturated heterocycles. The summed E-state index contributed by atoms with van der Waals surface area (Å²) < 4.78 is 5.46. The van der Waals surface area contributed by atoms with Crippen molar-refractivity contribution in [3.05, 3.63) is 54.0 Å². The molecule has 7 heteroatoms. The molecule has 0 aliphatic heterocycles. The predicted octanol–water partition coefficient (Wildman–Crippen LogP) is 2.14. The maximum Gasteiger partial charge on any atom is 0.218 e. The van der Waals surface area contributed by atoms with Gasteiger partial charge in [-0.15, -0.1) is 24.0 Å². The van der Waals surface area contributed by atoms with Crippen molar-refractivity contribution in [3.8, 4) is 5.88 Å². The number of pyridine rings is 2. The second-order valence-corrected chi connectivity index (χ2v) is 4.60. The van der Waals surface area contributed by atoms with E-state index in [1.165, 1.54) is 0 Å². The number of hydrogen-bond donors (Lipinski definition) is 2. The summed E-state index contributed by atoms with van der Waals surface area (Å²) in [5.74, 6) is 1.01. The first kappa shape index (κ1) is 19.1. The van der Waals surface area contributed by atoms with Crippen molar-refractivity contribution in [1.29, 1.82) is 0 Å². The number of nitrogens with one attached hydrogen (secondary N) is 1. The highest BCUT2D eigenvalue weighted by atomic mass is 127. The maximum absolute atomic E-state index is 5.87. The number of rotatable bonds is 7. The van der Waals surface area contributed by atoms with Gasteiger partial charge in [-0.25, -0.2) is 9.98 Å². The molecule has 0 aliphatic rings. The smallest absolute Gasteiger partial charge is 0.218 e. The molecule has 0 radical (unpaired) electrons. The zero-order chi connectivity index (χ0) is 15.6. The average molecular weight is 427 g/mol. The molecule has 23 heavy (non-hydrogen) atoms. The van der Waals surface area contributed by atoms with Crippen LogP contribution in [0.15, 0.2) is 47.7 Å². The van der Waals surface area contributed by atoms with E-state index >= 15 is 0 Å². The van der Waals surface area contributed by atoms with Crippen LogP contribution in [0.4, 0.5) is 0 Å². The van der Waals surface area contributed by atoms with Crippen molar-refractivity contribution in [1.82, 2.24) is 15.3 Å². The number of halogens is 1. The van der Waals surface area contributed by atoms with Gasteiger partial charge in [0.2, 0.25) is 5.88 Å². The molecule has 0 saturated carbocycles. The van der Waals surface area contributed by atoms with Gasteiger partial charge in [0.25, 0.3) is 0 Å². The van der Waals surface area contributed by atoms with Crippen molar-refractivity contribution >= 4 is 29.9 Å². The number of nitrogens with two attached hydrogens (primary N) is 1. The Labute approximate surface area is 153 Å². The highest BCUT2D eigenvalue weighted by Gasteiger charge is 2.03. The first-order valence-electron chi connectivity index (χ1n) is 7.30. The molecule has 0 bridgehead atoms. The molecule has 0 amide bonds. The van der Waals surface area contributed by atoms with E-state index in [0.717, 1.165) is 17.7 Å². The maximum atomic E-state index is 5.87. The zero-order valence-corrected chi connectivity index (χ0v) is 15.4. The average Bonchev–Trinajstić information content (AvgIpc) is 2.55. The van der Waals surface area contributed by atoms with Crippen LogP contribution in [0.2, 0.25) is 0 Å². The topological polar surface area (TPSA) is 85.4 Å². The van der Waals surface area contributed by atoms with Crippen LogP contribution in [-0.4, -0.2) is 29.1 Å². The molecule has 2 rings (SSSR count). The lowest BCUT2D eigenvalue weighted by Crippen LogP contribution is -2.33. The molecule has 2 aromatic rings. The lowest BCUT2D eigenvalue weighted by Gasteiger charge is -2.08. The summed E-state index contributed by atoms with van der Waals surface area (Å²) in [4.78, 5) is 12.8. The fraction of sp³-hybridized carbons (Fsp3) is 0.312. The van der Waals surface area contributed by atoms with Crippen LogP contribution in [-0.2, 0) is 13.0 Å². The third-order valence-corrected chi connectivity index (χ3v) is 2.96. The van der Waals surface area contributed by atoms with E-state index in [1.807, 2.05) is 37.3 Å². The molecule has 124 valence electrons. The van der Waals surface area contributed by atoms with Gasteiger partial charge in [0.15, 0.2) is 5.96 Å². The molecule has 2 heterocycles. The van der Waals surface area contributed by atoms with Crippen LogP contribution < -0.4 is 15.8 Å². The summed E-state index contributed by atoms with van der Waals surface area (Å²) in [5, 5.41) is 3.08. The SMILES string of the molecule is CCOc1ncccc1CN=C(N)NCCc1ccccn1.I. The van der Waals surface area contributed by atoms with Crippen molar-refractivity contribution in [2.75, 3.05) is 13.2 Å². The standard InChI is InChI=1S/C16H21N5O.HI/c1-2-22-15-13(6-5-10-19-15)12-21-16(17)20-11-8-14-7-3-4-9-18-14;/h3-7,9-10H,2,8,11-12H2,1H3,(H3,17,20,21);1H. The molecule has 2 aromatic heterocycles. The number of aromatic nitrogens is 2.